The van der Waals surface area contributed by atoms with E-state index in [1.54, 1.807) is 25.3 Å². The van der Waals surface area contributed by atoms with Crippen LogP contribution in [0.4, 0.5) is 16.2 Å². The van der Waals surface area contributed by atoms with E-state index in [-0.39, 0.29) is 12.2 Å². The first kappa shape index (κ1) is 18.4. The molecule has 0 aliphatic heterocycles. The van der Waals surface area contributed by atoms with E-state index in [0.29, 0.717) is 17.1 Å². The zero-order valence-corrected chi connectivity index (χ0v) is 14.9. The molecule has 0 aromatic heterocycles. The summed E-state index contributed by atoms with van der Waals surface area (Å²) in [6.45, 7) is 5.46. The summed E-state index contributed by atoms with van der Waals surface area (Å²) < 4.78 is 16.7. The van der Waals surface area contributed by atoms with Crippen molar-refractivity contribution in [3.63, 3.8) is 0 Å². The maximum absolute atomic E-state index is 11.9. The van der Waals surface area contributed by atoms with Crippen LogP contribution in [0.25, 0.3) is 0 Å². The molecule has 0 heterocycles. The summed E-state index contributed by atoms with van der Waals surface area (Å²) in [7, 11) is 1.73. The van der Waals surface area contributed by atoms with Crippen molar-refractivity contribution in [1.82, 2.24) is 0 Å². The Labute approximate surface area is 143 Å². The van der Waals surface area contributed by atoms with Gasteiger partial charge in [-0.1, -0.05) is 0 Å². The fraction of sp³-hybridized carbons (Fsp3) is 0.611. The topological polar surface area (TPSA) is 82.8 Å². The number of nitrogens with one attached hydrogen (secondary N) is 1. The van der Waals surface area contributed by atoms with Gasteiger partial charge in [0, 0.05) is 25.3 Å². The molecule has 2 atom stereocenters. The molecular formula is C18H28N2O4. The molecule has 24 heavy (non-hydrogen) atoms. The third-order valence-electron chi connectivity index (χ3n) is 3.86. The van der Waals surface area contributed by atoms with Crippen LogP contribution < -0.4 is 15.8 Å². The van der Waals surface area contributed by atoms with Crippen LogP contribution in [-0.2, 0) is 9.47 Å². The van der Waals surface area contributed by atoms with Crippen molar-refractivity contribution in [2.45, 2.75) is 64.3 Å². The van der Waals surface area contributed by atoms with Crippen molar-refractivity contribution in [3.05, 3.63) is 18.2 Å². The van der Waals surface area contributed by atoms with Crippen LogP contribution in [0.2, 0.25) is 0 Å². The summed E-state index contributed by atoms with van der Waals surface area (Å²) in [5.74, 6) is 0.574. The van der Waals surface area contributed by atoms with Crippen LogP contribution in [0.15, 0.2) is 18.2 Å². The van der Waals surface area contributed by atoms with Crippen molar-refractivity contribution < 1.29 is 19.0 Å². The fourth-order valence-electron chi connectivity index (χ4n) is 2.74. The zero-order chi connectivity index (χ0) is 17.7. The van der Waals surface area contributed by atoms with E-state index < -0.39 is 11.7 Å². The molecule has 0 saturated heterocycles. The second kappa shape index (κ2) is 7.75. The van der Waals surface area contributed by atoms with Gasteiger partial charge in [0.1, 0.15) is 17.5 Å². The van der Waals surface area contributed by atoms with Gasteiger partial charge in [-0.15, -0.1) is 0 Å². The summed E-state index contributed by atoms with van der Waals surface area (Å²) in [6.07, 6.45) is 3.75. The third kappa shape index (κ3) is 5.60. The molecule has 2 rings (SSSR count). The van der Waals surface area contributed by atoms with Crippen molar-refractivity contribution in [2.75, 3.05) is 18.2 Å². The predicted octanol–water partition coefficient (Wildman–Crippen LogP) is 3.95. The Hall–Kier alpha value is -1.95. The van der Waals surface area contributed by atoms with Crippen molar-refractivity contribution in [1.29, 1.82) is 0 Å². The lowest BCUT2D eigenvalue weighted by molar-refractivity contribution is 0.0212. The van der Waals surface area contributed by atoms with Crippen LogP contribution in [0.5, 0.6) is 5.75 Å². The number of ether oxygens (including phenoxy) is 3. The van der Waals surface area contributed by atoms with E-state index in [2.05, 4.69) is 5.32 Å². The van der Waals surface area contributed by atoms with Crippen LogP contribution in [0.1, 0.15) is 46.5 Å². The average molecular weight is 336 g/mol. The Morgan fingerprint density at radius 3 is 2.62 bits per heavy atom. The van der Waals surface area contributed by atoms with Crippen LogP contribution >= 0.6 is 0 Å². The minimum atomic E-state index is -0.547. The first-order chi connectivity index (χ1) is 11.3. The summed E-state index contributed by atoms with van der Waals surface area (Å²) in [5, 5.41) is 2.70. The van der Waals surface area contributed by atoms with E-state index >= 15 is 0 Å². The van der Waals surface area contributed by atoms with E-state index in [9.17, 15) is 4.79 Å². The molecule has 1 amide bonds. The number of methoxy groups -OCH3 is 1. The highest BCUT2D eigenvalue weighted by Crippen LogP contribution is 2.31. The Bertz CT molecular complexity index is 569. The molecule has 0 bridgehead atoms. The molecule has 1 saturated carbocycles. The van der Waals surface area contributed by atoms with Crippen molar-refractivity contribution >= 4 is 17.5 Å². The number of nitrogens with two attached hydrogens (primary N) is 1. The molecule has 6 nitrogen and oxygen atoms in total. The standard InChI is InChI=1S/C18H28N2O4/c1-18(2,3)24-17(21)20-12-8-9-15(19)16(10-12)23-14-7-5-6-13(11-14)22-4/h8-10,13-14H,5-7,11,19H2,1-4H3,(H,20,21). The summed E-state index contributed by atoms with van der Waals surface area (Å²) >= 11 is 0. The molecule has 6 heteroatoms. The number of benzene rings is 1. The van der Waals surface area contributed by atoms with Gasteiger partial charge in [0.25, 0.3) is 0 Å². The van der Waals surface area contributed by atoms with Gasteiger partial charge in [-0.3, -0.25) is 5.32 Å². The summed E-state index contributed by atoms with van der Waals surface area (Å²) in [6, 6.07) is 5.18. The maximum Gasteiger partial charge on any atom is 0.412 e. The second-order valence-electron chi connectivity index (χ2n) is 7.14. The highest BCUT2D eigenvalue weighted by Gasteiger charge is 2.24. The smallest absolute Gasteiger partial charge is 0.412 e. The number of rotatable bonds is 4. The van der Waals surface area contributed by atoms with E-state index in [4.69, 9.17) is 19.9 Å². The summed E-state index contributed by atoms with van der Waals surface area (Å²) in [5.41, 5.74) is 6.59. The van der Waals surface area contributed by atoms with Crippen LogP contribution in [0, 0.1) is 0 Å². The summed E-state index contributed by atoms with van der Waals surface area (Å²) in [4.78, 5) is 11.9. The lowest BCUT2D eigenvalue weighted by atomic mass is 9.95. The van der Waals surface area contributed by atoms with Crippen LogP contribution in [0.3, 0.4) is 0 Å². The molecule has 1 aliphatic carbocycles. The van der Waals surface area contributed by atoms with Gasteiger partial charge in [-0.25, -0.2) is 4.79 Å². The highest BCUT2D eigenvalue weighted by molar-refractivity contribution is 5.85. The number of carbonyl (C=O) groups excluding carboxylic acids is 1. The van der Waals surface area contributed by atoms with Gasteiger partial charge in [0.2, 0.25) is 0 Å². The first-order valence-corrected chi connectivity index (χ1v) is 8.36. The van der Waals surface area contributed by atoms with Crippen molar-refractivity contribution in [3.8, 4) is 5.75 Å². The Balaban J connectivity index is 2.01. The molecule has 3 N–H and O–H groups in total. The first-order valence-electron chi connectivity index (χ1n) is 8.36. The Kier molecular flexibility index (Phi) is 5.94. The molecule has 0 spiro atoms. The second-order valence-corrected chi connectivity index (χ2v) is 7.14. The SMILES string of the molecule is COC1CCCC(Oc2cc(NC(=O)OC(C)(C)C)ccc2N)C1. The molecule has 1 fully saturated rings. The monoisotopic (exact) mass is 336 g/mol. The molecule has 0 radical (unpaired) electrons. The van der Waals surface area contributed by atoms with E-state index in [0.717, 1.165) is 25.7 Å². The number of anilines is 2. The van der Waals surface area contributed by atoms with Gasteiger partial charge >= 0.3 is 6.09 Å². The van der Waals surface area contributed by atoms with Gasteiger partial charge in [0.05, 0.1) is 11.8 Å². The lowest BCUT2D eigenvalue weighted by Gasteiger charge is -2.29. The zero-order valence-electron chi connectivity index (χ0n) is 14.9. The van der Waals surface area contributed by atoms with E-state index in [1.165, 1.54) is 0 Å². The molecule has 2 unspecified atom stereocenters. The Morgan fingerprint density at radius 2 is 1.96 bits per heavy atom. The molecular weight excluding hydrogens is 308 g/mol. The number of carbonyl (C=O) groups is 1. The van der Waals surface area contributed by atoms with Gasteiger partial charge in [-0.05, 0) is 52.2 Å². The molecule has 1 aliphatic rings. The number of amides is 1. The quantitative estimate of drug-likeness (QED) is 0.813. The van der Waals surface area contributed by atoms with Crippen molar-refractivity contribution in [2.24, 2.45) is 0 Å². The maximum atomic E-state index is 11.9. The van der Waals surface area contributed by atoms with Crippen LogP contribution in [-0.4, -0.2) is 31.0 Å². The number of hydrogen-bond donors (Lipinski definition) is 2. The highest BCUT2D eigenvalue weighted by atomic mass is 16.6. The predicted molar refractivity (Wildman–Crippen MR) is 94.4 cm³/mol. The van der Waals surface area contributed by atoms with E-state index in [1.807, 2.05) is 20.8 Å². The molecule has 1 aromatic rings. The third-order valence-corrected chi connectivity index (χ3v) is 3.86. The number of hydrogen-bond acceptors (Lipinski definition) is 5. The lowest BCUT2D eigenvalue weighted by Crippen LogP contribution is -2.29. The van der Waals surface area contributed by atoms with Gasteiger partial charge < -0.3 is 19.9 Å². The van der Waals surface area contributed by atoms with Gasteiger partial charge in [0.15, 0.2) is 0 Å². The molecule has 134 valence electrons. The number of nitrogen functional groups attached to an aromatic ring is 1. The minimum Gasteiger partial charge on any atom is -0.488 e. The van der Waals surface area contributed by atoms with Gasteiger partial charge in [-0.2, -0.15) is 0 Å². The fourth-order valence-corrected chi connectivity index (χ4v) is 2.74. The largest absolute Gasteiger partial charge is 0.488 e. The average Bonchev–Trinajstić information content (AvgIpc) is 2.49. The minimum absolute atomic E-state index is 0.0720. The molecule has 1 aromatic carbocycles. The normalized spacial score (nSPS) is 21.2. The Morgan fingerprint density at radius 1 is 1.25 bits per heavy atom.